The Bertz CT molecular complexity index is 983. The predicted molar refractivity (Wildman–Crippen MR) is 103 cm³/mol. The van der Waals surface area contributed by atoms with Crippen molar-refractivity contribution in [3.63, 3.8) is 0 Å². The molecule has 152 valence electrons. The molecule has 0 aliphatic heterocycles. The molecule has 0 aromatic heterocycles. The van der Waals surface area contributed by atoms with E-state index in [9.17, 15) is 26.4 Å². The minimum Gasteiger partial charge on any atom is -0.322 e. The topological polar surface area (TPSA) is 75.3 Å². The maximum absolute atomic E-state index is 13.0. The van der Waals surface area contributed by atoms with E-state index in [0.29, 0.717) is 11.3 Å². The number of carbonyl (C=O) groups excluding carboxylic acids is 1. The molecule has 0 fully saturated rings. The Morgan fingerprint density at radius 3 is 2.04 bits per heavy atom. The summed E-state index contributed by atoms with van der Waals surface area (Å²) in [5, 5.41) is 1.98. The predicted octanol–water partition coefficient (Wildman–Crippen LogP) is 4.72. The quantitative estimate of drug-likeness (QED) is 0.743. The van der Waals surface area contributed by atoms with Crippen molar-refractivity contribution >= 4 is 27.3 Å². The molecule has 0 aliphatic carbocycles. The number of carbonyl (C=O) groups is 1. The zero-order valence-corrected chi connectivity index (χ0v) is 16.6. The Labute approximate surface area is 162 Å². The Morgan fingerprint density at radius 1 is 0.964 bits per heavy atom. The van der Waals surface area contributed by atoms with Gasteiger partial charge in [0.25, 0.3) is 5.91 Å². The highest BCUT2D eigenvalue weighted by Gasteiger charge is 2.33. The van der Waals surface area contributed by atoms with Gasteiger partial charge in [-0.25, -0.2) is 8.42 Å². The van der Waals surface area contributed by atoms with E-state index in [2.05, 4.69) is 10.0 Å². The average molecular weight is 414 g/mol. The van der Waals surface area contributed by atoms with E-state index in [-0.39, 0.29) is 16.8 Å². The SMILES string of the molecule is Cc1c(NC(=O)c2ccc(NS(=O)(=O)C(C)C)cc2)ccc(C(F)(F)F)c1C. The summed E-state index contributed by atoms with van der Waals surface area (Å²) in [5.41, 5.74) is 0.453. The van der Waals surface area contributed by atoms with Gasteiger partial charge in [0.15, 0.2) is 0 Å². The second-order valence-corrected chi connectivity index (χ2v) is 8.87. The molecule has 9 heteroatoms. The van der Waals surface area contributed by atoms with Crippen LogP contribution in [-0.2, 0) is 16.2 Å². The Hall–Kier alpha value is -2.55. The second-order valence-electron chi connectivity index (χ2n) is 6.64. The van der Waals surface area contributed by atoms with E-state index in [1.54, 1.807) is 13.8 Å². The van der Waals surface area contributed by atoms with Crippen molar-refractivity contribution in [2.24, 2.45) is 0 Å². The summed E-state index contributed by atoms with van der Waals surface area (Å²) in [5.74, 6) is -0.513. The lowest BCUT2D eigenvalue weighted by Crippen LogP contribution is -2.22. The number of nitrogens with one attached hydrogen (secondary N) is 2. The van der Waals surface area contributed by atoms with Gasteiger partial charge in [-0.15, -0.1) is 0 Å². The molecular weight excluding hydrogens is 393 g/mol. The fourth-order valence-corrected chi connectivity index (χ4v) is 3.13. The number of hydrogen-bond donors (Lipinski definition) is 2. The zero-order valence-electron chi connectivity index (χ0n) is 15.8. The van der Waals surface area contributed by atoms with Crippen molar-refractivity contribution in [2.75, 3.05) is 10.0 Å². The van der Waals surface area contributed by atoms with E-state index in [1.807, 2.05) is 0 Å². The van der Waals surface area contributed by atoms with Crippen LogP contribution in [-0.4, -0.2) is 19.6 Å². The van der Waals surface area contributed by atoms with Gasteiger partial charge in [0.05, 0.1) is 10.8 Å². The normalized spacial score (nSPS) is 12.1. The summed E-state index contributed by atoms with van der Waals surface area (Å²) >= 11 is 0. The number of hydrogen-bond acceptors (Lipinski definition) is 3. The van der Waals surface area contributed by atoms with E-state index in [4.69, 9.17) is 0 Å². The molecule has 5 nitrogen and oxygen atoms in total. The van der Waals surface area contributed by atoms with E-state index in [0.717, 1.165) is 6.07 Å². The standard InChI is InChI=1S/C19H21F3N2O3S/c1-11(2)28(26,27)24-15-7-5-14(6-8-15)18(25)23-17-10-9-16(19(20,21)22)12(3)13(17)4/h5-11,24H,1-4H3,(H,23,25). The Balaban J connectivity index is 2.19. The number of halogens is 3. The van der Waals surface area contributed by atoms with Gasteiger partial charge >= 0.3 is 6.18 Å². The molecule has 0 saturated carbocycles. The zero-order chi connectivity index (χ0) is 21.3. The van der Waals surface area contributed by atoms with Crippen LogP contribution in [0, 0.1) is 13.8 Å². The summed E-state index contributed by atoms with van der Waals surface area (Å²) < 4.78 is 65.0. The summed E-state index contributed by atoms with van der Waals surface area (Å²) in [7, 11) is -3.50. The van der Waals surface area contributed by atoms with Crippen LogP contribution < -0.4 is 10.0 Å². The first kappa shape index (κ1) is 21.7. The highest BCUT2D eigenvalue weighted by Crippen LogP contribution is 2.35. The van der Waals surface area contributed by atoms with Crippen molar-refractivity contribution in [2.45, 2.75) is 39.1 Å². The van der Waals surface area contributed by atoms with Gasteiger partial charge in [-0.05, 0) is 75.2 Å². The van der Waals surface area contributed by atoms with Gasteiger partial charge in [0, 0.05) is 16.9 Å². The second kappa shape index (κ2) is 7.83. The first-order valence-electron chi connectivity index (χ1n) is 8.43. The van der Waals surface area contributed by atoms with E-state index >= 15 is 0 Å². The van der Waals surface area contributed by atoms with Crippen LogP contribution >= 0.6 is 0 Å². The van der Waals surface area contributed by atoms with E-state index < -0.39 is 32.9 Å². The lowest BCUT2D eigenvalue weighted by Gasteiger charge is -2.16. The minimum atomic E-state index is -4.46. The van der Waals surface area contributed by atoms with Gasteiger partial charge in [-0.1, -0.05) is 0 Å². The van der Waals surface area contributed by atoms with Crippen LogP contribution in [0.2, 0.25) is 0 Å². The summed E-state index contributed by atoms with van der Waals surface area (Å²) in [6.07, 6.45) is -4.46. The highest BCUT2D eigenvalue weighted by atomic mass is 32.2. The summed E-state index contributed by atoms with van der Waals surface area (Å²) in [6.45, 7) is 5.93. The van der Waals surface area contributed by atoms with Crippen LogP contribution in [0.1, 0.15) is 40.9 Å². The van der Waals surface area contributed by atoms with Gasteiger partial charge < -0.3 is 5.32 Å². The van der Waals surface area contributed by atoms with E-state index in [1.165, 1.54) is 44.2 Å². The lowest BCUT2D eigenvalue weighted by molar-refractivity contribution is -0.138. The highest BCUT2D eigenvalue weighted by molar-refractivity contribution is 7.93. The summed E-state index contributed by atoms with van der Waals surface area (Å²) in [6, 6.07) is 7.90. The minimum absolute atomic E-state index is 0.0451. The maximum Gasteiger partial charge on any atom is 0.416 e. The third-order valence-electron chi connectivity index (χ3n) is 4.37. The number of amides is 1. The molecule has 0 unspecified atom stereocenters. The molecule has 0 aliphatic rings. The smallest absolute Gasteiger partial charge is 0.322 e. The van der Waals surface area contributed by atoms with Gasteiger partial charge in [-0.2, -0.15) is 13.2 Å². The first-order chi connectivity index (χ1) is 12.8. The molecule has 28 heavy (non-hydrogen) atoms. The van der Waals surface area contributed by atoms with Crippen molar-refractivity contribution in [1.82, 2.24) is 0 Å². The third-order valence-corrected chi connectivity index (χ3v) is 6.13. The van der Waals surface area contributed by atoms with Crippen LogP contribution in [0.25, 0.3) is 0 Å². The van der Waals surface area contributed by atoms with Crippen LogP contribution in [0.5, 0.6) is 0 Å². The van der Waals surface area contributed by atoms with Crippen molar-refractivity contribution in [3.8, 4) is 0 Å². The molecule has 2 aromatic carbocycles. The molecule has 0 atom stereocenters. The fourth-order valence-electron chi connectivity index (χ4n) is 2.43. The van der Waals surface area contributed by atoms with Gasteiger partial charge in [0.1, 0.15) is 0 Å². The van der Waals surface area contributed by atoms with Crippen molar-refractivity contribution in [3.05, 3.63) is 58.7 Å². The van der Waals surface area contributed by atoms with Crippen molar-refractivity contribution in [1.29, 1.82) is 0 Å². The molecule has 2 aromatic rings. The first-order valence-corrected chi connectivity index (χ1v) is 9.98. The molecule has 0 heterocycles. The molecular formula is C19H21F3N2O3S. The lowest BCUT2D eigenvalue weighted by atomic mass is 10.0. The monoisotopic (exact) mass is 414 g/mol. The third kappa shape index (κ3) is 4.83. The number of anilines is 2. The molecule has 0 spiro atoms. The average Bonchev–Trinajstić information content (AvgIpc) is 2.58. The fraction of sp³-hybridized carbons (Fsp3) is 0.316. The van der Waals surface area contributed by atoms with Gasteiger partial charge in [-0.3, -0.25) is 9.52 Å². The number of alkyl halides is 3. The van der Waals surface area contributed by atoms with Crippen molar-refractivity contribution < 1.29 is 26.4 Å². The summed E-state index contributed by atoms with van der Waals surface area (Å²) in [4.78, 5) is 12.4. The number of benzene rings is 2. The van der Waals surface area contributed by atoms with Crippen LogP contribution in [0.4, 0.5) is 24.5 Å². The number of sulfonamides is 1. The number of rotatable bonds is 5. The Kier molecular flexibility index (Phi) is 6.08. The molecule has 0 bridgehead atoms. The molecule has 0 radical (unpaired) electrons. The molecule has 2 N–H and O–H groups in total. The largest absolute Gasteiger partial charge is 0.416 e. The van der Waals surface area contributed by atoms with Gasteiger partial charge in [0.2, 0.25) is 10.0 Å². The molecule has 1 amide bonds. The van der Waals surface area contributed by atoms with Crippen LogP contribution in [0.15, 0.2) is 36.4 Å². The molecule has 2 rings (SSSR count). The molecule has 0 saturated heterocycles. The van der Waals surface area contributed by atoms with Crippen LogP contribution in [0.3, 0.4) is 0 Å². The maximum atomic E-state index is 13.0. The Morgan fingerprint density at radius 2 is 1.54 bits per heavy atom.